The van der Waals surface area contributed by atoms with Crippen LogP contribution in [-0.2, 0) is 4.79 Å². The molecule has 0 saturated carbocycles. The topological polar surface area (TPSA) is 81.7 Å². The molecule has 1 unspecified atom stereocenters. The fourth-order valence-electron chi connectivity index (χ4n) is 2.02. The highest BCUT2D eigenvalue weighted by Gasteiger charge is 2.31. The maximum Gasteiger partial charge on any atom is 0.314 e. The first-order chi connectivity index (χ1) is 8.98. The van der Waals surface area contributed by atoms with Crippen molar-refractivity contribution in [1.29, 1.82) is 0 Å². The maximum absolute atomic E-state index is 11.6. The third-order valence-corrected chi connectivity index (χ3v) is 3.85. The number of urea groups is 1. The molecule has 0 aromatic heterocycles. The highest BCUT2D eigenvalue weighted by molar-refractivity contribution is 5.77. The van der Waals surface area contributed by atoms with Gasteiger partial charge in [-0.05, 0) is 39.3 Å². The van der Waals surface area contributed by atoms with Crippen LogP contribution in [0.2, 0.25) is 0 Å². The van der Waals surface area contributed by atoms with Gasteiger partial charge in [-0.15, -0.1) is 0 Å². The number of carbonyl (C=O) groups excluding carboxylic acids is 1. The van der Waals surface area contributed by atoms with Crippen molar-refractivity contribution < 1.29 is 14.7 Å². The second-order valence-corrected chi connectivity index (χ2v) is 5.38. The number of likely N-dealkylation sites (tertiary alicyclic amines) is 1. The number of rotatable bonds is 7. The van der Waals surface area contributed by atoms with Crippen LogP contribution in [0.1, 0.15) is 33.1 Å². The lowest BCUT2D eigenvalue weighted by Crippen LogP contribution is -2.46. The number of amides is 2. The van der Waals surface area contributed by atoms with Crippen LogP contribution in [0.5, 0.6) is 0 Å². The van der Waals surface area contributed by atoms with E-state index in [0.717, 1.165) is 19.6 Å². The number of aliphatic carboxylic acids is 1. The highest BCUT2D eigenvalue weighted by atomic mass is 16.4. The van der Waals surface area contributed by atoms with Gasteiger partial charge in [0.2, 0.25) is 0 Å². The summed E-state index contributed by atoms with van der Waals surface area (Å²) >= 11 is 0. The molecule has 1 atom stereocenters. The van der Waals surface area contributed by atoms with Crippen molar-refractivity contribution >= 4 is 12.0 Å². The van der Waals surface area contributed by atoms with Crippen LogP contribution in [0, 0.1) is 5.41 Å². The molecule has 0 spiro atoms. The summed E-state index contributed by atoms with van der Waals surface area (Å²) in [4.78, 5) is 25.0. The molecule has 0 radical (unpaired) electrons. The lowest BCUT2D eigenvalue weighted by Gasteiger charge is -2.23. The molecule has 6 nitrogen and oxygen atoms in total. The molecule has 0 aromatic rings. The smallest absolute Gasteiger partial charge is 0.314 e. The van der Waals surface area contributed by atoms with Gasteiger partial charge >= 0.3 is 12.0 Å². The summed E-state index contributed by atoms with van der Waals surface area (Å²) in [7, 11) is 0. The fraction of sp³-hybridized carbons (Fsp3) is 0.846. The number of carboxylic acids is 1. The number of hydrogen-bond donors (Lipinski definition) is 3. The molecule has 1 rings (SSSR count). The van der Waals surface area contributed by atoms with Crippen LogP contribution in [0.25, 0.3) is 0 Å². The number of nitrogens with one attached hydrogen (secondary N) is 2. The third-order valence-electron chi connectivity index (χ3n) is 3.85. The Kier molecular flexibility index (Phi) is 6.08. The SMILES string of the molecule is CCC(C)(CNC(=O)NCCN1CCCC1)C(=O)O. The molecule has 0 aromatic carbocycles. The summed E-state index contributed by atoms with van der Waals surface area (Å²) in [5.41, 5.74) is -0.897. The quantitative estimate of drug-likeness (QED) is 0.642. The molecule has 1 heterocycles. The molecule has 0 bridgehead atoms. The van der Waals surface area contributed by atoms with E-state index in [2.05, 4.69) is 15.5 Å². The Bertz CT molecular complexity index is 316. The van der Waals surface area contributed by atoms with Crippen molar-refractivity contribution in [2.75, 3.05) is 32.7 Å². The normalized spacial score (nSPS) is 18.8. The Balaban J connectivity index is 2.18. The Morgan fingerprint density at radius 3 is 2.42 bits per heavy atom. The monoisotopic (exact) mass is 271 g/mol. The first-order valence-corrected chi connectivity index (χ1v) is 6.95. The van der Waals surface area contributed by atoms with Crippen molar-refractivity contribution in [3.8, 4) is 0 Å². The van der Waals surface area contributed by atoms with Crippen molar-refractivity contribution in [3.63, 3.8) is 0 Å². The van der Waals surface area contributed by atoms with E-state index in [0.29, 0.717) is 13.0 Å². The van der Waals surface area contributed by atoms with Gasteiger partial charge in [-0.3, -0.25) is 4.79 Å². The minimum Gasteiger partial charge on any atom is -0.481 e. The molecule has 110 valence electrons. The van der Waals surface area contributed by atoms with Crippen LogP contribution in [0.4, 0.5) is 4.79 Å². The van der Waals surface area contributed by atoms with E-state index in [4.69, 9.17) is 5.11 Å². The van der Waals surface area contributed by atoms with Crippen LogP contribution in [0.3, 0.4) is 0 Å². The van der Waals surface area contributed by atoms with Crippen LogP contribution >= 0.6 is 0 Å². The Morgan fingerprint density at radius 2 is 1.89 bits per heavy atom. The van der Waals surface area contributed by atoms with E-state index in [1.807, 2.05) is 0 Å². The first-order valence-electron chi connectivity index (χ1n) is 6.95. The van der Waals surface area contributed by atoms with Crippen molar-refractivity contribution in [1.82, 2.24) is 15.5 Å². The molecule has 1 saturated heterocycles. The Morgan fingerprint density at radius 1 is 1.26 bits per heavy atom. The number of carboxylic acid groups (broad SMARTS) is 1. The average molecular weight is 271 g/mol. The fourth-order valence-corrected chi connectivity index (χ4v) is 2.02. The predicted molar refractivity (Wildman–Crippen MR) is 73.1 cm³/mol. The molecule has 6 heteroatoms. The molecule has 1 aliphatic heterocycles. The van der Waals surface area contributed by atoms with Gasteiger partial charge in [-0.1, -0.05) is 6.92 Å². The van der Waals surface area contributed by atoms with Gasteiger partial charge in [-0.2, -0.15) is 0 Å². The molecule has 1 fully saturated rings. The summed E-state index contributed by atoms with van der Waals surface area (Å²) in [5.74, 6) is -0.882. The zero-order chi connectivity index (χ0) is 14.3. The minimum absolute atomic E-state index is 0.147. The van der Waals surface area contributed by atoms with E-state index in [-0.39, 0.29) is 12.6 Å². The minimum atomic E-state index is -0.897. The maximum atomic E-state index is 11.6. The lowest BCUT2D eigenvalue weighted by molar-refractivity contribution is -0.147. The number of nitrogens with zero attached hydrogens (tertiary/aromatic N) is 1. The van der Waals surface area contributed by atoms with Crippen LogP contribution in [-0.4, -0.2) is 54.7 Å². The van der Waals surface area contributed by atoms with Gasteiger partial charge in [0.25, 0.3) is 0 Å². The number of hydrogen-bond acceptors (Lipinski definition) is 3. The number of carbonyl (C=O) groups is 2. The van der Waals surface area contributed by atoms with E-state index < -0.39 is 11.4 Å². The van der Waals surface area contributed by atoms with Crippen LogP contribution < -0.4 is 10.6 Å². The second kappa shape index (κ2) is 7.33. The highest BCUT2D eigenvalue weighted by Crippen LogP contribution is 2.19. The van der Waals surface area contributed by atoms with Gasteiger partial charge < -0.3 is 20.6 Å². The molecular formula is C13H25N3O3. The van der Waals surface area contributed by atoms with Gasteiger partial charge in [-0.25, -0.2) is 4.79 Å². The molecule has 3 N–H and O–H groups in total. The van der Waals surface area contributed by atoms with E-state index in [1.54, 1.807) is 13.8 Å². The molecule has 19 heavy (non-hydrogen) atoms. The van der Waals surface area contributed by atoms with Crippen LogP contribution in [0.15, 0.2) is 0 Å². The van der Waals surface area contributed by atoms with Gasteiger partial charge in [0.1, 0.15) is 0 Å². The summed E-state index contributed by atoms with van der Waals surface area (Å²) < 4.78 is 0. The van der Waals surface area contributed by atoms with E-state index >= 15 is 0 Å². The Labute approximate surface area is 114 Å². The van der Waals surface area contributed by atoms with Crippen molar-refractivity contribution in [3.05, 3.63) is 0 Å². The second-order valence-electron chi connectivity index (χ2n) is 5.38. The van der Waals surface area contributed by atoms with Gasteiger partial charge in [0, 0.05) is 19.6 Å². The summed E-state index contributed by atoms with van der Waals surface area (Å²) in [6.45, 7) is 7.26. The zero-order valence-electron chi connectivity index (χ0n) is 11.9. The van der Waals surface area contributed by atoms with Gasteiger partial charge in [0.15, 0.2) is 0 Å². The van der Waals surface area contributed by atoms with Crippen molar-refractivity contribution in [2.24, 2.45) is 5.41 Å². The third kappa shape index (κ3) is 5.06. The molecule has 0 aliphatic carbocycles. The summed E-state index contributed by atoms with van der Waals surface area (Å²) in [6, 6.07) is -0.292. The molecular weight excluding hydrogens is 246 g/mol. The molecule has 1 aliphatic rings. The largest absolute Gasteiger partial charge is 0.481 e. The predicted octanol–water partition coefficient (Wildman–Crippen LogP) is 0.882. The van der Waals surface area contributed by atoms with Gasteiger partial charge in [0.05, 0.1) is 5.41 Å². The summed E-state index contributed by atoms with van der Waals surface area (Å²) in [5, 5.41) is 14.5. The van der Waals surface area contributed by atoms with E-state index in [9.17, 15) is 9.59 Å². The lowest BCUT2D eigenvalue weighted by atomic mass is 9.88. The summed E-state index contributed by atoms with van der Waals surface area (Å²) in [6.07, 6.45) is 2.95. The Hall–Kier alpha value is -1.30. The molecule has 2 amide bonds. The first kappa shape index (κ1) is 15.8. The zero-order valence-corrected chi connectivity index (χ0v) is 11.9. The van der Waals surface area contributed by atoms with Crippen molar-refractivity contribution in [2.45, 2.75) is 33.1 Å². The standard InChI is InChI=1S/C13H25N3O3/c1-3-13(2,11(17)18)10-15-12(19)14-6-9-16-7-4-5-8-16/h3-10H2,1-2H3,(H,17,18)(H2,14,15,19). The van der Waals surface area contributed by atoms with E-state index in [1.165, 1.54) is 12.8 Å². The average Bonchev–Trinajstić information content (AvgIpc) is 2.89.